The van der Waals surface area contributed by atoms with Crippen LogP contribution in [0.1, 0.15) is 25.0 Å². The summed E-state index contributed by atoms with van der Waals surface area (Å²) in [6.07, 6.45) is -0.0533. The second-order valence-corrected chi connectivity index (χ2v) is 6.80. The Kier molecular flexibility index (Phi) is 6.32. The van der Waals surface area contributed by atoms with Crippen LogP contribution in [0.4, 0.5) is 16.0 Å². The lowest BCUT2D eigenvalue weighted by Gasteiger charge is -2.27. The number of nitrogens with one attached hydrogen (secondary N) is 1. The average molecular weight is 378 g/mol. The van der Waals surface area contributed by atoms with Gasteiger partial charge in [0, 0.05) is 12.6 Å². The van der Waals surface area contributed by atoms with Crippen molar-refractivity contribution >= 4 is 17.5 Å². The molecule has 0 fully saturated rings. The van der Waals surface area contributed by atoms with Gasteiger partial charge in [0.1, 0.15) is 5.82 Å². The Morgan fingerprint density at radius 1 is 1.00 bits per heavy atom. The number of hydrogen-bond acceptors (Lipinski definition) is 4. The van der Waals surface area contributed by atoms with Gasteiger partial charge in [-0.2, -0.15) is 0 Å². The number of halogens is 1. The highest BCUT2D eigenvalue weighted by molar-refractivity contribution is 5.91. The Hall–Kier alpha value is -3.28. The van der Waals surface area contributed by atoms with E-state index in [1.54, 1.807) is 24.3 Å². The largest absolute Gasteiger partial charge is 0.348 e. The van der Waals surface area contributed by atoms with Crippen molar-refractivity contribution in [1.29, 1.82) is 0 Å². The van der Waals surface area contributed by atoms with E-state index in [4.69, 9.17) is 0 Å². The summed E-state index contributed by atoms with van der Waals surface area (Å²) in [5.74, 6) is 0.337. The molecule has 3 aromatic rings. The molecule has 0 spiro atoms. The van der Waals surface area contributed by atoms with Crippen molar-refractivity contribution in [3.63, 3.8) is 0 Å². The third kappa shape index (κ3) is 5.13. The number of carbonyl (C=O) groups excluding carboxylic acids is 1. The number of nitrogens with zero attached hydrogens (tertiary/aromatic N) is 3. The van der Waals surface area contributed by atoms with E-state index in [0.717, 1.165) is 5.82 Å². The molecule has 5 nitrogen and oxygen atoms in total. The van der Waals surface area contributed by atoms with Gasteiger partial charge in [-0.15, -0.1) is 10.2 Å². The number of carbonyl (C=O) groups is 1. The predicted molar refractivity (Wildman–Crippen MR) is 109 cm³/mol. The van der Waals surface area contributed by atoms with Crippen LogP contribution < -0.4 is 10.2 Å². The zero-order valence-corrected chi connectivity index (χ0v) is 16.0. The standard InChI is InChI=1S/C22H23FN4O/c1-16(2)27(15-17-8-4-3-5-9-17)21-13-12-20(25-26-21)24-22(28)14-18-10-6-7-11-19(18)23/h3-13,16H,14-15H2,1-2H3,(H,24,25,28). The van der Waals surface area contributed by atoms with Gasteiger partial charge in [-0.1, -0.05) is 48.5 Å². The lowest BCUT2D eigenvalue weighted by molar-refractivity contribution is -0.115. The number of rotatable bonds is 7. The minimum Gasteiger partial charge on any atom is -0.348 e. The monoisotopic (exact) mass is 378 g/mol. The molecule has 0 saturated heterocycles. The first-order valence-electron chi connectivity index (χ1n) is 9.20. The van der Waals surface area contributed by atoms with E-state index < -0.39 is 5.82 Å². The SMILES string of the molecule is CC(C)N(Cc1ccccc1)c1ccc(NC(=O)Cc2ccccc2F)nn1. The van der Waals surface area contributed by atoms with Gasteiger partial charge < -0.3 is 10.2 Å². The van der Waals surface area contributed by atoms with Gasteiger partial charge in [-0.05, 0) is 43.2 Å². The third-order valence-corrected chi connectivity index (χ3v) is 4.34. The van der Waals surface area contributed by atoms with Crippen molar-refractivity contribution in [2.75, 3.05) is 10.2 Å². The lowest BCUT2D eigenvalue weighted by Crippen LogP contribution is -2.31. The minimum atomic E-state index is -0.396. The van der Waals surface area contributed by atoms with Crippen molar-refractivity contribution in [2.24, 2.45) is 0 Å². The fourth-order valence-electron chi connectivity index (χ4n) is 2.86. The van der Waals surface area contributed by atoms with E-state index >= 15 is 0 Å². The summed E-state index contributed by atoms with van der Waals surface area (Å²) in [6.45, 7) is 4.90. The quantitative estimate of drug-likeness (QED) is 0.669. The minimum absolute atomic E-state index is 0.0533. The van der Waals surface area contributed by atoms with E-state index in [1.807, 2.05) is 24.3 Å². The average Bonchev–Trinajstić information content (AvgIpc) is 2.69. The van der Waals surface area contributed by atoms with Crippen molar-refractivity contribution < 1.29 is 9.18 Å². The van der Waals surface area contributed by atoms with Crippen LogP contribution in [0.25, 0.3) is 0 Å². The summed E-state index contributed by atoms with van der Waals surface area (Å²) < 4.78 is 13.7. The predicted octanol–water partition coefficient (Wildman–Crippen LogP) is 4.21. The smallest absolute Gasteiger partial charge is 0.230 e. The topological polar surface area (TPSA) is 58.1 Å². The van der Waals surface area contributed by atoms with Crippen LogP contribution in [0.3, 0.4) is 0 Å². The van der Waals surface area contributed by atoms with Crippen molar-refractivity contribution in [3.05, 3.63) is 83.7 Å². The van der Waals surface area contributed by atoms with Crippen LogP contribution in [-0.4, -0.2) is 22.1 Å². The fraction of sp³-hybridized carbons (Fsp3) is 0.227. The van der Waals surface area contributed by atoms with Crippen molar-refractivity contribution in [3.8, 4) is 0 Å². The first-order valence-corrected chi connectivity index (χ1v) is 9.20. The van der Waals surface area contributed by atoms with Gasteiger partial charge in [0.15, 0.2) is 11.6 Å². The summed E-state index contributed by atoms with van der Waals surface area (Å²) >= 11 is 0. The fourth-order valence-corrected chi connectivity index (χ4v) is 2.86. The molecule has 144 valence electrons. The van der Waals surface area contributed by atoms with Gasteiger partial charge in [-0.3, -0.25) is 4.79 Å². The Labute approximate surface area is 164 Å². The highest BCUT2D eigenvalue weighted by atomic mass is 19.1. The molecular weight excluding hydrogens is 355 g/mol. The maximum absolute atomic E-state index is 13.7. The maximum Gasteiger partial charge on any atom is 0.230 e. The Bertz CT molecular complexity index is 913. The number of anilines is 2. The highest BCUT2D eigenvalue weighted by Crippen LogP contribution is 2.18. The van der Waals surface area contributed by atoms with Crippen LogP contribution in [-0.2, 0) is 17.8 Å². The van der Waals surface area contributed by atoms with Gasteiger partial charge >= 0.3 is 0 Å². The van der Waals surface area contributed by atoms with Crippen molar-refractivity contribution in [2.45, 2.75) is 32.9 Å². The molecule has 1 N–H and O–H groups in total. The molecular formula is C22H23FN4O. The molecule has 2 aromatic carbocycles. The maximum atomic E-state index is 13.7. The molecule has 1 aromatic heterocycles. The normalized spacial score (nSPS) is 10.7. The van der Waals surface area contributed by atoms with Crippen LogP contribution in [0, 0.1) is 5.82 Å². The van der Waals surface area contributed by atoms with Gasteiger partial charge in [0.2, 0.25) is 5.91 Å². The lowest BCUT2D eigenvalue weighted by atomic mass is 10.1. The van der Waals surface area contributed by atoms with E-state index in [0.29, 0.717) is 17.9 Å². The molecule has 1 amide bonds. The van der Waals surface area contributed by atoms with Crippen LogP contribution in [0.2, 0.25) is 0 Å². The van der Waals surface area contributed by atoms with Crippen LogP contribution in [0.15, 0.2) is 66.7 Å². The number of hydrogen-bond donors (Lipinski definition) is 1. The van der Waals surface area contributed by atoms with E-state index in [9.17, 15) is 9.18 Å². The Morgan fingerprint density at radius 2 is 1.71 bits per heavy atom. The highest BCUT2D eigenvalue weighted by Gasteiger charge is 2.14. The molecule has 1 heterocycles. The molecule has 6 heteroatoms. The molecule has 0 unspecified atom stereocenters. The first kappa shape index (κ1) is 19.5. The zero-order valence-electron chi connectivity index (χ0n) is 16.0. The second kappa shape index (κ2) is 9.08. The van der Waals surface area contributed by atoms with E-state index in [2.05, 4.69) is 46.4 Å². The molecule has 0 saturated carbocycles. The summed E-state index contributed by atoms with van der Waals surface area (Å²) in [4.78, 5) is 14.3. The molecule has 0 aliphatic heterocycles. The number of aromatic nitrogens is 2. The van der Waals surface area contributed by atoms with E-state index in [1.165, 1.54) is 11.6 Å². The molecule has 0 atom stereocenters. The first-order chi connectivity index (χ1) is 13.5. The van der Waals surface area contributed by atoms with Crippen molar-refractivity contribution in [1.82, 2.24) is 10.2 Å². The van der Waals surface area contributed by atoms with E-state index in [-0.39, 0.29) is 18.4 Å². The Balaban J connectivity index is 1.66. The number of benzene rings is 2. The summed E-state index contributed by atoms with van der Waals surface area (Å²) in [5.41, 5.74) is 1.53. The molecule has 0 bridgehead atoms. The number of amides is 1. The Morgan fingerprint density at radius 3 is 2.36 bits per heavy atom. The second-order valence-electron chi connectivity index (χ2n) is 6.80. The molecule has 0 aliphatic carbocycles. The van der Waals surface area contributed by atoms with Gasteiger partial charge in [0.05, 0.1) is 6.42 Å². The summed E-state index contributed by atoms with van der Waals surface area (Å²) in [5, 5.41) is 11.0. The summed E-state index contributed by atoms with van der Waals surface area (Å²) in [7, 11) is 0. The third-order valence-electron chi connectivity index (χ3n) is 4.34. The van der Waals surface area contributed by atoms with Crippen LogP contribution >= 0.6 is 0 Å². The zero-order chi connectivity index (χ0) is 19.9. The molecule has 3 rings (SSSR count). The molecule has 28 heavy (non-hydrogen) atoms. The van der Waals surface area contributed by atoms with Gasteiger partial charge in [0.25, 0.3) is 0 Å². The van der Waals surface area contributed by atoms with Gasteiger partial charge in [-0.25, -0.2) is 4.39 Å². The molecule has 0 radical (unpaired) electrons. The van der Waals surface area contributed by atoms with Crippen LogP contribution in [0.5, 0.6) is 0 Å². The summed E-state index contributed by atoms with van der Waals surface area (Å²) in [6, 6.07) is 20.1. The molecule has 0 aliphatic rings.